The molecule has 0 aromatic heterocycles. The van der Waals surface area contributed by atoms with Crippen LogP contribution in [0.4, 0.5) is 0 Å². The molecule has 0 rings (SSSR count). The van der Waals surface area contributed by atoms with Crippen molar-refractivity contribution in [3.63, 3.8) is 0 Å². The molecule has 0 aliphatic heterocycles. The first kappa shape index (κ1) is 102. The number of unbranched alkanes of at least 4 members (excludes halogenated alkanes) is 63. The van der Waals surface area contributed by atoms with Crippen molar-refractivity contribution in [2.45, 2.75) is 489 Å². The summed E-state index contributed by atoms with van der Waals surface area (Å²) in [5.41, 5.74) is 0. The molecule has 0 aromatic carbocycles. The van der Waals surface area contributed by atoms with Crippen LogP contribution in [0.25, 0.3) is 0 Å². The van der Waals surface area contributed by atoms with Crippen molar-refractivity contribution in [3.05, 3.63) is 60.8 Å². The molecule has 105 heavy (non-hydrogen) atoms. The molecule has 2 atom stereocenters. The molecular formula is C96H179NO8. The van der Waals surface area contributed by atoms with Crippen LogP contribution in [0.1, 0.15) is 476 Å². The number of allylic oxidation sites excluding steroid dienone is 10. The van der Waals surface area contributed by atoms with Crippen LogP contribution in [-0.2, 0) is 33.3 Å². The first-order chi connectivity index (χ1) is 51.6. The van der Waals surface area contributed by atoms with Gasteiger partial charge in [-0.2, -0.15) is 0 Å². The number of ether oxygens (including phenoxy) is 4. The third-order valence-corrected chi connectivity index (χ3v) is 21.3. The van der Waals surface area contributed by atoms with Gasteiger partial charge in [0.15, 0.2) is 12.4 Å². The van der Waals surface area contributed by atoms with Crippen molar-refractivity contribution in [1.29, 1.82) is 0 Å². The SMILES string of the molecule is CC/C=C\C/C=C\C/C=C\C/C=C\C/C=C\CCCCCCCCCCCCCCCCCCCCCCCCCC(=O)OC(COC(=O)CCCCCCCCCCCCCCCCCCCCCCCCCCCCCCCCCCCCCCCCCCC)COC(OCC[N+](C)(C)C)C(=O)[O-]. The van der Waals surface area contributed by atoms with Crippen LogP contribution in [0.2, 0.25) is 0 Å². The second-order valence-corrected chi connectivity index (χ2v) is 32.9. The monoisotopic (exact) mass is 1470 g/mol. The summed E-state index contributed by atoms with van der Waals surface area (Å²) in [6.07, 6.45) is 114. The lowest BCUT2D eigenvalue weighted by molar-refractivity contribution is -0.870. The van der Waals surface area contributed by atoms with Crippen molar-refractivity contribution >= 4 is 17.9 Å². The van der Waals surface area contributed by atoms with Crippen LogP contribution in [0.3, 0.4) is 0 Å². The standard InChI is InChI=1S/C96H179NO8/c1-6-8-10-12-14-16-18-20-22-24-26-28-30-32-34-36-38-40-42-44-46-47-49-50-52-54-56-58-60-62-64-66-68-70-72-74-76-78-80-82-84-86-93(98)103-90-92(91-104-96(95(100)101)102-89-88-97(3,4)5)105-94(99)87-85-83-81-79-77-75-73-71-69-67-65-63-61-59-57-55-53-51-48-45-43-41-39-37-35-33-31-29-27-25-23-21-19-17-15-13-11-9-7-2/h9,11,15,17,21,23,27,29,33,35,92,96H,6-8,10,12-14,16,18-20,22,24-26,28,30-32,34,36-91H2,1-5H3/b11-9-,17-15-,23-21-,29-27-,35-33-. The Hall–Kier alpha value is -3.01. The molecule has 616 valence electrons. The van der Waals surface area contributed by atoms with Crippen LogP contribution < -0.4 is 5.11 Å². The third-order valence-electron chi connectivity index (χ3n) is 21.3. The van der Waals surface area contributed by atoms with E-state index in [1.54, 1.807) is 0 Å². The highest BCUT2D eigenvalue weighted by atomic mass is 16.7. The number of carboxylic acid groups (broad SMARTS) is 1. The highest BCUT2D eigenvalue weighted by Crippen LogP contribution is 2.21. The van der Waals surface area contributed by atoms with Crippen molar-refractivity contribution in [3.8, 4) is 0 Å². The number of hydrogen-bond donors (Lipinski definition) is 0. The molecule has 0 spiro atoms. The number of esters is 2. The van der Waals surface area contributed by atoms with E-state index < -0.39 is 24.3 Å². The van der Waals surface area contributed by atoms with Crippen molar-refractivity contribution in [2.75, 3.05) is 47.5 Å². The largest absolute Gasteiger partial charge is 0.545 e. The summed E-state index contributed by atoms with van der Waals surface area (Å²) in [5, 5.41) is 11.9. The summed E-state index contributed by atoms with van der Waals surface area (Å²) in [6, 6.07) is 0. The second kappa shape index (κ2) is 86.6. The minimum atomic E-state index is -1.62. The Labute approximate surface area is 654 Å². The van der Waals surface area contributed by atoms with Crippen molar-refractivity contribution in [1.82, 2.24) is 0 Å². The summed E-state index contributed by atoms with van der Waals surface area (Å²) in [6.45, 7) is 4.72. The third kappa shape index (κ3) is 88.1. The van der Waals surface area contributed by atoms with E-state index in [1.807, 2.05) is 21.1 Å². The summed E-state index contributed by atoms with van der Waals surface area (Å²) >= 11 is 0. The average molecular weight is 1480 g/mol. The highest BCUT2D eigenvalue weighted by molar-refractivity contribution is 5.70. The number of aliphatic carboxylic acids is 1. The Morgan fingerprint density at radius 3 is 0.810 bits per heavy atom. The van der Waals surface area contributed by atoms with E-state index in [1.165, 1.54) is 379 Å². The van der Waals surface area contributed by atoms with Gasteiger partial charge in [-0.1, -0.05) is 466 Å². The van der Waals surface area contributed by atoms with Gasteiger partial charge in [-0.25, -0.2) is 0 Å². The summed E-state index contributed by atoms with van der Waals surface area (Å²) in [4.78, 5) is 37.7. The first-order valence-corrected chi connectivity index (χ1v) is 46.4. The normalized spacial score (nSPS) is 12.8. The number of nitrogens with zero attached hydrogens (tertiary/aromatic N) is 1. The van der Waals surface area contributed by atoms with Crippen LogP contribution in [0.5, 0.6) is 0 Å². The fraction of sp³-hybridized carbons (Fsp3) is 0.865. The van der Waals surface area contributed by atoms with E-state index in [-0.39, 0.29) is 32.2 Å². The smallest absolute Gasteiger partial charge is 0.306 e. The fourth-order valence-corrected chi connectivity index (χ4v) is 14.3. The number of likely N-dealkylation sites (N-methyl/N-ethyl adjacent to an activating group) is 1. The number of rotatable bonds is 88. The average Bonchev–Trinajstić information content (AvgIpc) is 1.97. The Morgan fingerprint density at radius 2 is 0.543 bits per heavy atom. The Balaban J connectivity index is 3.87. The van der Waals surface area contributed by atoms with E-state index in [9.17, 15) is 19.5 Å². The predicted molar refractivity (Wildman–Crippen MR) is 454 cm³/mol. The van der Waals surface area contributed by atoms with Crippen molar-refractivity contribution in [2.24, 2.45) is 0 Å². The molecule has 2 unspecified atom stereocenters. The van der Waals surface area contributed by atoms with Crippen LogP contribution >= 0.6 is 0 Å². The maximum atomic E-state index is 13.0. The maximum Gasteiger partial charge on any atom is 0.306 e. The Bertz CT molecular complexity index is 1920. The fourth-order valence-electron chi connectivity index (χ4n) is 14.3. The van der Waals surface area contributed by atoms with Gasteiger partial charge in [0.05, 0.1) is 40.3 Å². The number of carboxylic acids is 1. The molecule has 0 heterocycles. The zero-order valence-corrected chi connectivity index (χ0v) is 70.9. The van der Waals surface area contributed by atoms with E-state index >= 15 is 0 Å². The summed E-state index contributed by atoms with van der Waals surface area (Å²) in [5.74, 6) is -2.24. The van der Waals surface area contributed by atoms with E-state index in [0.29, 0.717) is 17.4 Å². The molecule has 9 nitrogen and oxygen atoms in total. The molecule has 0 radical (unpaired) electrons. The number of carbonyl (C=O) groups excluding carboxylic acids is 3. The van der Waals surface area contributed by atoms with Crippen LogP contribution in [-0.4, -0.2) is 82.3 Å². The quantitative estimate of drug-likeness (QED) is 0.0195. The zero-order valence-electron chi connectivity index (χ0n) is 70.9. The van der Waals surface area contributed by atoms with Crippen molar-refractivity contribution < 1.29 is 42.9 Å². The zero-order chi connectivity index (χ0) is 76.0. The number of hydrogen-bond acceptors (Lipinski definition) is 8. The van der Waals surface area contributed by atoms with Gasteiger partial charge in [0, 0.05) is 12.8 Å². The van der Waals surface area contributed by atoms with E-state index in [2.05, 4.69) is 74.6 Å². The second-order valence-electron chi connectivity index (χ2n) is 32.9. The first-order valence-electron chi connectivity index (χ1n) is 46.4. The van der Waals surface area contributed by atoms with E-state index in [0.717, 1.165) is 70.6 Å². The lowest BCUT2D eigenvalue weighted by Crippen LogP contribution is -2.44. The lowest BCUT2D eigenvalue weighted by atomic mass is 10.0. The molecule has 0 N–H and O–H groups in total. The number of carbonyl (C=O) groups is 3. The maximum absolute atomic E-state index is 13.0. The molecule has 0 fully saturated rings. The van der Waals surface area contributed by atoms with Gasteiger partial charge in [0.1, 0.15) is 13.2 Å². The van der Waals surface area contributed by atoms with Gasteiger partial charge in [-0.3, -0.25) is 9.59 Å². The van der Waals surface area contributed by atoms with Crippen LogP contribution in [0, 0.1) is 0 Å². The molecule has 0 amide bonds. The van der Waals surface area contributed by atoms with Gasteiger partial charge in [-0.15, -0.1) is 0 Å². The van der Waals surface area contributed by atoms with Gasteiger partial charge in [0.25, 0.3) is 0 Å². The minimum absolute atomic E-state index is 0.151. The molecule has 0 aliphatic rings. The summed E-state index contributed by atoms with van der Waals surface area (Å²) < 4.78 is 22.9. The molecule has 0 saturated heterocycles. The van der Waals surface area contributed by atoms with Crippen LogP contribution in [0.15, 0.2) is 60.8 Å². The Morgan fingerprint density at radius 1 is 0.295 bits per heavy atom. The Kier molecular flexibility index (Phi) is 84.1. The number of quaternary nitrogens is 1. The van der Waals surface area contributed by atoms with E-state index in [4.69, 9.17) is 18.9 Å². The molecule has 9 heteroatoms. The van der Waals surface area contributed by atoms with Gasteiger partial charge >= 0.3 is 11.9 Å². The molecule has 0 bridgehead atoms. The predicted octanol–water partition coefficient (Wildman–Crippen LogP) is 29.2. The minimum Gasteiger partial charge on any atom is -0.545 e. The molecule has 0 saturated carbocycles. The van der Waals surface area contributed by atoms with Gasteiger partial charge < -0.3 is 33.3 Å². The topological polar surface area (TPSA) is 111 Å². The molecular weight excluding hydrogens is 1300 g/mol. The van der Waals surface area contributed by atoms with Gasteiger partial charge in [0.2, 0.25) is 0 Å². The molecule has 0 aromatic rings. The van der Waals surface area contributed by atoms with Gasteiger partial charge in [-0.05, 0) is 57.8 Å². The summed E-state index contributed by atoms with van der Waals surface area (Å²) in [7, 11) is 5.96. The molecule has 0 aliphatic carbocycles. The highest BCUT2D eigenvalue weighted by Gasteiger charge is 2.22. The lowest BCUT2D eigenvalue weighted by Gasteiger charge is -2.26.